The molecule has 7 heteroatoms. The van der Waals surface area contributed by atoms with Crippen molar-refractivity contribution < 1.29 is 9.18 Å². The van der Waals surface area contributed by atoms with Gasteiger partial charge < -0.3 is 5.32 Å². The van der Waals surface area contributed by atoms with Crippen molar-refractivity contribution in [3.8, 4) is 0 Å². The van der Waals surface area contributed by atoms with Crippen LogP contribution in [-0.2, 0) is 6.54 Å². The van der Waals surface area contributed by atoms with E-state index in [2.05, 4.69) is 49.4 Å². The Morgan fingerprint density at radius 3 is 2.82 bits per heavy atom. The van der Waals surface area contributed by atoms with E-state index in [0.717, 1.165) is 42.8 Å². The molecule has 166 valence electrons. The van der Waals surface area contributed by atoms with E-state index in [1.807, 2.05) is 12.3 Å². The molecule has 0 saturated carbocycles. The summed E-state index contributed by atoms with van der Waals surface area (Å²) >= 11 is 0. The maximum Gasteiger partial charge on any atom is 0.259 e. The van der Waals surface area contributed by atoms with Gasteiger partial charge in [0.2, 0.25) is 0 Å². The molecule has 0 radical (unpaired) electrons. The summed E-state index contributed by atoms with van der Waals surface area (Å²) in [5.41, 5.74) is 3.33. The third-order valence-electron chi connectivity index (χ3n) is 6.11. The number of rotatable bonds is 5. The van der Waals surface area contributed by atoms with Crippen molar-refractivity contribution in [3.63, 3.8) is 0 Å². The molecule has 1 saturated heterocycles. The molecular formula is C26H24FN5O. The number of fused-ring (bicyclic) bond motifs is 1. The number of aryl methyl sites for hydroxylation is 1. The summed E-state index contributed by atoms with van der Waals surface area (Å²) in [4.78, 5) is 28.7. The van der Waals surface area contributed by atoms with Gasteiger partial charge in [-0.1, -0.05) is 36.4 Å². The number of hydrogen-bond donors (Lipinski definition) is 1. The number of amides is 1. The van der Waals surface area contributed by atoms with E-state index < -0.39 is 11.7 Å². The van der Waals surface area contributed by atoms with Gasteiger partial charge in [-0.05, 0) is 43.7 Å². The van der Waals surface area contributed by atoms with Crippen LogP contribution >= 0.6 is 0 Å². The monoisotopic (exact) mass is 441 g/mol. The van der Waals surface area contributed by atoms with Gasteiger partial charge in [0.05, 0.1) is 22.5 Å². The van der Waals surface area contributed by atoms with Gasteiger partial charge in [0.25, 0.3) is 5.91 Å². The molecule has 2 aromatic heterocycles. The Hall–Kier alpha value is -3.71. The molecule has 2 aromatic carbocycles. The van der Waals surface area contributed by atoms with Crippen molar-refractivity contribution in [3.05, 3.63) is 95.5 Å². The number of benzene rings is 2. The third kappa shape index (κ3) is 4.45. The highest BCUT2D eigenvalue weighted by Crippen LogP contribution is 2.28. The molecule has 1 atom stereocenters. The van der Waals surface area contributed by atoms with Crippen molar-refractivity contribution in [1.82, 2.24) is 19.9 Å². The van der Waals surface area contributed by atoms with Crippen molar-refractivity contribution in [2.24, 2.45) is 0 Å². The molecule has 0 bridgehead atoms. The van der Waals surface area contributed by atoms with Crippen LogP contribution in [0.5, 0.6) is 0 Å². The molecule has 3 heterocycles. The number of likely N-dealkylation sites (tertiary alicyclic amines) is 1. The lowest BCUT2D eigenvalue weighted by Gasteiger charge is -2.17. The molecule has 1 N–H and O–H groups in total. The zero-order valence-corrected chi connectivity index (χ0v) is 18.3. The largest absolute Gasteiger partial charge is 0.319 e. The van der Waals surface area contributed by atoms with Gasteiger partial charge in [0, 0.05) is 36.8 Å². The van der Waals surface area contributed by atoms with Crippen molar-refractivity contribution in [2.45, 2.75) is 25.8 Å². The number of halogens is 1. The fourth-order valence-electron chi connectivity index (χ4n) is 4.38. The lowest BCUT2D eigenvalue weighted by atomic mass is 10.1. The first-order valence-electron chi connectivity index (χ1n) is 11.0. The van der Waals surface area contributed by atoms with E-state index in [0.29, 0.717) is 11.3 Å². The Morgan fingerprint density at radius 2 is 1.97 bits per heavy atom. The number of carbonyl (C=O) groups excluding carboxylic acids is 1. The Kier molecular flexibility index (Phi) is 5.79. The predicted molar refractivity (Wildman–Crippen MR) is 126 cm³/mol. The van der Waals surface area contributed by atoms with Gasteiger partial charge in [-0.15, -0.1) is 0 Å². The first-order chi connectivity index (χ1) is 16.1. The highest BCUT2D eigenvalue weighted by atomic mass is 19.1. The van der Waals surface area contributed by atoms with E-state index >= 15 is 0 Å². The second-order valence-electron chi connectivity index (χ2n) is 8.37. The molecule has 1 unspecified atom stereocenters. The maximum atomic E-state index is 13.9. The molecule has 1 aliphatic heterocycles. The third-order valence-corrected chi connectivity index (χ3v) is 6.11. The van der Waals surface area contributed by atoms with Gasteiger partial charge in [-0.2, -0.15) is 0 Å². The van der Waals surface area contributed by atoms with Crippen LogP contribution in [0.3, 0.4) is 0 Å². The summed E-state index contributed by atoms with van der Waals surface area (Å²) in [7, 11) is 0. The minimum absolute atomic E-state index is 0.139. The van der Waals surface area contributed by atoms with Gasteiger partial charge >= 0.3 is 0 Å². The van der Waals surface area contributed by atoms with E-state index in [1.54, 1.807) is 25.3 Å². The van der Waals surface area contributed by atoms with Gasteiger partial charge in [-0.3, -0.25) is 14.7 Å². The number of nitrogens with one attached hydrogen (secondary N) is 1. The topological polar surface area (TPSA) is 71.0 Å². The number of pyridine rings is 1. The van der Waals surface area contributed by atoms with Crippen molar-refractivity contribution >= 4 is 22.5 Å². The minimum Gasteiger partial charge on any atom is -0.319 e. The second kappa shape index (κ2) is 9.03. The molecule has 1 amide bonds. The zero-order valence-electron chi connectivity index (χ0n) is 18.3. The van der Waals surface area contributed by atoms with E-state index in [1.165, 1.54) is 17.7 Å². The van der Waals surface area contributed by atoms with E-state index in [4.69, 9.17) is 0 Å². The standard InChI is InChI=1S/C26H24FN5O/c1-17-21(26(33)31-23-10-3-2-9-22(23)27)14-29-25(30-17)20-11-13-32(16-20)15-19-7-4-6-18-8-5-12-28-24(18)19/h2-10,12,14,20H,11,13,15-16H2,1H3,(H,31,33). The average molecular weight is 442 g/mol. The molecule has 33 heavy (non-hydrogen) atoms. The summed E-state index contributed by atoms with van der Waals surface area (Å²) in [6, 6.07) is 16.4. The smallest absolute Gasteiger partial charge is 0.259 e. The minimum atomic E-state index is -0.478. The van der Waals surface area contributed by atoms with Gasteiger partial charge in [0.15, 0.2) is 0 Å². The van der Waals surface area contributed by atoms with E-state index in [9.17, 15) is 9.18 Å². The fraction of sp³-hybridized carbons (Fsp3) is 0.231. The number of carbonyl (C=O) groups is 1. The summed E-state index contributed by atoms with van der Waals surface area (Å²) in [6.07, 6.45) is 4.34. The number of anilines is 1. The number of para-hydroxylation sites is 2. The Morgan fingerprint density at radius 1 is 1.12 bits per heavy atom. The predicted octanol–water partition coefficient (Wildman–Crippen LogP) is 4.71. The summed E-state index contributed by atoms with van der Waals surface area (Å²) in [5.74, 6) is 0.0536. The van der Waals surface area contributed by atoms with Crippen LogP contribution in [0.4, 0.5) is 10.1 Å². The molecule has 1 fully saturated rings. The highest BCUT2D eigenvalue weighted by Gasteiger charge is 2.27. The van der Waals surface area contributed by atoms with Crippen LogP contribution in [0.25, 0.3) is 10.9 Å². The number of nitrogens with zero attached hydrogens (tertiary/aromatic N) is 4. The first kappa shape index (κ1) is 21.2. The Labute approximate surface area is 191 Å². The lowest BCUT2D eigenvalue weighted by molar-refractivity contribution is 0.102. The molecular weight excluding hydrogens is 417 g/mol. The summed E-state index contributed by atoms with van der Waals surface area (Å²) < 4.78 is 13.9. The number of aromatic nitrogens is 3. The SMILES string of the molecule is Cc1nc(C2CCN(Cc3cccc4cccnc34)C2)ncc1C(=O)Nc1ccccc1F. The first-order valence-corrected chi connectivity index (χ1v) is 11.0. The molecule has 1 aliphatic rings. The summed E-state index contributed by atoms with van der Waals surface area (Å²) in [6.45, 7) is 4.41. The average Bonchev–Trinajstić information content (AvgIpc) is 3.29. The Bertz CT molecular complexity index is 1320. The molecule has 0 spiro atoms. The molecule has 4 aromatic rings. The van der Waals surface area contributed by atoms with Gasteiger partial charge in [0.1, 0.15) is 11.6 Å². The van der Waals surface area contributed by atoms with E-state index in [-0.39, 0.29) is 11.6 Å². The highest BCUT2D eigenvalue weighted by molar-refractivity contribution is 6.04. The van der Waals surface area contributed by atoms with Crippen LogP contribution < -0.4 is 5.32 Å². The van der Waals surface area contributed by atoms with Crippen molar-refractivity contribution in [2.75, 3.05) is 18.4 Å². The normalized spacial score (nSPS) is 16.2. The molecule has 5 rings (SSSR count). The number of hydrogen-bond acceptors (Lipinski definition) is 5. The lowest BCUT2D eigenvalue weighted by Crippen LogP contribution is -2.21. The molecule has 6 nitrogen and oxygen atoms in total. The van der Waals surface area contributed by atoms with Crippen LogP contribution in [-0.4, -0.2) is 38.8 Å². The van der Waals surface area contributed by atoms with Crippen LogP contribution in [0.15, 0.2) is 67.0 Å². The molecule has 0 aliphatic carbocycles. The Balaban J connectivity index is 1.27. The van der Waals surface area contributed by atoms with Crippen LogP contribution in [0, 0.1) is 12.7 Å². The van der Waals surface area contributed by atoms with Crippen LogP contribution in [0.2, 0.25) is 0 Å². The quantitative estimate of drug-likeness (QED) is 0.486. The fourth-order valence-corrected chi connectivity index (χ4v) is 4.38. The van der Waals surface area contributed by atoms with Crippen LogP contribution in [0.1, 0.15) is 39.8 Å². The van der Waals surface area contributed by atoms with Gasteiger partial charge in [-0.25, -0.2) is 14.4 Å². The maximum absolute atomic E-state index is 13.9. The summed E-state index contributed by atoms with van der Waals surface area (Å²) in [5, 5.41) is 3.74. The second-order valence-corrected chi connectivity index (χ2v) is 8.37. The van der Waals surface area contributed by atoms with Crippen molar-refractivity contribution in [1.29, 1.82) is 0 Å². The zero-order chi connectivity index (χ0) is 22.8.